The van der Waals surface area contributed by atoms with Crippen molar-refractivity contribution in [2.24, 2.45) is 11.8 Å². The molecule has 5 heteroatoms. The topological polar surface area (TPSA) is 26.7 Å². The van der Waals surface area contributed by atoms with E-state index in [0.29, 0.717) is 11.8 Å². The van der Waals surface area contributed by atoms with E-state index in [1.807, 2.05) is 18.2 Å². The third-order valence-electron chi connectivity index (χ3n) is 5.27. The molecule has 3 rings (SSSR count). The highest BCUT2D eigenvalue weighted by atomic mass is 35.5. The Labute approximate surface area is 149 Å². The Kier molecular flexibility index (Phi) is 6.22. The largest absolute Gasteiger partial charge is 0.396 e. The molecule has 0 radical (unpaired) electrons. The lowest BCUT2D eigenvalue weighted by atomic mass is 9.95. The predicted molar refractivity (Wildman–Crippen MR) is 96.1 cm³/mol. The highest BCUT2D eigenvalue weighted by molar-refractivity contribution is 6.35. The lowest BCUT2D eigenvalue weighted by molar-refractivity contribution is 0.149. The summed E-state index contributed by atoms with van der Waals surface area (Å²) in [6.07, 6.45) is 3.99. The zero-order valence-corrected chi connectivity index (χ0v) is 15.1. The zero-order chi connectivity index (χ0) is 16.2. The van der Waals surface area contributed by atoms with Crippen molar-refractivity contribution in [2.75, 3.05) is 39.3 Å². The fourth-order valence-corrected chi connectivity index (χ4v) is 4.48. The van der Waals surface area contributed by atoms with Gasteiger partial charge >= 0.3 is 0 Å². The Balaban J connectivity index is 1.61. The first kappa shape index (κ1) is 17.5. The van der Waals surface area contributed by atoms with Gasteiger partial charge in [0, 0.05) is 48.4 Å². The minimum absolute atomic E-state index is 0.269. The third kappa shape index (κ3) is 4.40. The number of hydrogen-bond acceptors (Lipinski definition) is 3. The van der Waals surface area contributed by atoms with Crippen LogP contribution in [0.5, 0.6) is 0 Å². The van der Waals surface area contributed by atoms with Crippen LogP contribution in [0, 0.1) is 11.8 Å². The molecule has 2 fully saturated rings. The highest BCUT2D eigenvalue weighted by Gasteiger charge is 2.34. The quantitative estimate of drug-likeness (QED) is 0.874. The second-order valence-corrected chi connectivity index (χ2v) is 7.77. The molecule has 0 amide bonds. The van der Waals surface area contributed by atoms with Gasteiger partial charge in [0.1, 0.15) is 0 Å². The van der Waals surface area contributed by atoms with E-state index in [2.05, 4.69) is 9.80 Å². The van der Waals surface area contributed by atoms with E-state index in [4.69, 9.17) is 23.2 Å². The molecule has 0 bridgehead atoms. The summed E-state index contributed by atoms with van der Waals surface area (Å²) < 4.78 is 0. The fourth-order valence-electron chi connectivity index (χ4n) is 3.96. The summed E-state index contributed by atoms with van der Waals surface area (Å²) in [5.74, 6) is 0.901. The van der Waals surface area contributed by atoms with Gasteiger partial charge in [-0.15, -0.1) is 0 Å². The summed E-state index contributed by atoms with van der Waals surface area (Å²) in [5, 5.41) is 11.2. The normalized spacial score (nSPS) is 26.7. The van der Waals surface area contributed by atoms with E-state index in [0.717, 1.165) is 41.8 Å². The van der Waals surface area contributed by atoms with E-state index >= 15 is 0 Å². The molecule has 1 aromatic rings. The van der Waals surface area contributed by atoms with Crippen LogP contribution in [0.1, 0.15) is 24.8 Å². The Morgan fingerprint density at radius 2 is 1.61 bits per heavy atom. The first-order valence-electron chi connectivity index (χ1n) is 8.66. The molecule has 3 nitrogen and oxygen atoms in total. The van der Waals surface area contributed by atoms with Gasteiger partial charge in [-0.2, -0.15) is 0 Å². The number of benzene rings is 1. The van der Waals surface area contributed by atoms with E-state index in [9.17, 15) is 5.11 Å². The van der Waals surface area contributed by atoms with Gasteiger partial charge in [-0.25, -0.2) is 0 Å². The molecule has 128 valence electrons. The first-order valence-corrected chi connectivity index (χ1v) is 9.41. The SMILES string of the molecule is OC[C@H]1CN(Cc2c(Cl)cccc2Cl)C[C@H]1CN1CCCCC1. The van der Waals surface area contributed by atoms with Crippen LogP contribution in [0.25, 0.3) is 0 Å². The number of rotatable bonds is 5. The first-order chi connectivity index (χ1) is 11.2. The second kappa shape index (κ2) is 8.17. The molecule has 2 aliphatic rings. The number of hydrogen-bond donors (Lipinski definition) is 1. The molecule has 1 aromatic carbocycles. The minimum atomic E-state index is 0.269. The second-order valence-electron chi connectivity index (χ2n) is 6.96. The smallest absolute Gasteiger partial charge is 0.0475 e. The summed E-state index contributed by atoms with van der Waals surface area (Å²) in [5.41, 5.74) is 1.01. The molecule has 0 aliphatic carbocycles. The van der Waals surface area contributed by atoms with Crippen LogP contribution in [0.15, 0.2) is 18.2 Å². The molecule has 0 saturated carbocycles. The van der Waals surface area contributed by atoms with Crippen molar-refractivity contribution in [3.05, 3.63) is 33.8 Å². The molecule has 0 unspecified atom stereocenters. The number of likely N-dealkylation sites (tertiary alicyclic amines) is 2. The Morgan fingerprint density at radius 1 is 0.957 bits per heavy atom. The van der Waals surface area contributed by atoms with Gasteiger partial charge in [0.25, 0.3) is 0 Å². The maximum atomic E-state index is 9.76. The van der Waals surface area contributed by atoms with Crippen molar-refractivity contribution in [1.29, 1.82) is 0 Å². The van der Waals surface area contributed by atoms with Gasteiger partial charge in [0.2, 0.25) is 0 Å². The molecule has 0 spiro atoms. The molecule has 0 aromatic heterocycles. The Morgan fingerprint density at radius 3 is 2.26 bits per heavy atom. The van der Waals surface area contributed by atoms with E-state index in [1.54, 1.807) is 0 Å². The Bertz CT molecular complexity index is 499. The van der Waals surface area contributed by atoms with Crippen LogP contribution >= 0.6 is 23.2 Å². The lowest BCUT2D eigenvalue weighted by Gasteiger charge is -2.30. The monoisotopic (exact) mass is 356 g/mol. The van der Waals surface area contributed by atoms with Crippen LogP contribution in [-0.4, -0.2) is 54.2 Å². The van der Waals surface area contributed by atoms with Crippen molar-refractivity contribution in [2.45, 2.75) is 25.8 Å². The molecule has 1 N–H and O–H groups in total. The van der Waals surface area contributed by atoms with E-state index in [-0.39, 0.29) is 6.61 Å². The van der Waals surface area contributed by atoms with Crippen molar-refractivity contribution in [1.82, 2.24) is 9.80 Å². The molecule has 2 atom stereocenters. The Hall–Kier alpha value is -0.320. The zero-order valence-electron chi connectivity index (χ0n) is 13.6. The van der Waals surface area contributed by atoms with Crippen molar-refractivity contribution in [3.8, 4) is 0 Å². The third-order valence-corrected chi connectivity index (χ3v) is 5.98. The molecular weight excluding hydrogens is 331 g/mol. The van der Waals surface area contributed by atoms with Crippen molar-refractivity contribution < 1.29 is 5.11 Å². The van der Waals surface area contributed by atoms with E-state index in [1.165, 1.54) is 32.4 Å². The van der Waals surface area contributed by atoms with Crippen LogP contribution in [-0.2, 0) is 6.54 Å². The molecule has 2 saturated heterocycles. The van der Waals surface area contributed by atoms with Gasteiger partial charge < -0.3 is 10.0 Å². The summed E-state index contributed by atoms with van der Waals surface area (Å²) in [4.78, 5) is 4.96. The van der Waals surface area contributed by atoms with Crippen LogP contribution in [0.4, 0.5) is 0 Å². The highest BCUT2D eigenvalue weighted by Crippen LogP contribution is 2.30. The fraction of sp³-hybridized carbons (Fsp3) is 0.667. The maximum absolute atomic E-state index is 9.76. The summed E-state index contributed by atoms with van der Waals surface area (Å²) in [6, 6.07) is 5.68. The number of piperidine rings is 1. The number of aliphatic hydroxyl groups excluding tert-OH is 1. The summed E-state index contributed by atoms with van der Waals surface area (Å²) >= 11 is 12.6. The summed E-state index contributed by atoms with van der Waals surface area (Å²) in [6.45, 7) is 6.52. The number of aliphatic hydroxyl groups is 1. The van der Waals surface area contributed by atoms with Crippen molar-refractivity contribution >= 4 is 23.2 Å². The minimum Gasteiger partial charge on any atom is -0.396 e. The average Bonchev–Trinajstić information content (AvgIpc) is 2.94. The molecule has 23 heavy (non-hydrogen) atoms. The van der Waals surface area contributed by atoms with Crippen LogP contribution in [0.2, 0.25) is 10.0 Å². The lowest BCUT2D eigenvalue weighted by Crippen LogP contribution is -2.37. The van der Waals surface area contributed by atoms with Crippen molar-refractivity contribution in [3.63, 3.8) is 0 Å². The number of halogens is 2. The molecular formula is C18H26Cl2N2O. The standard InChI is InChI=1S/C18H26Cl2N2O/c19-17-5-4-6-18(20)16(17)12-22-10-14(15(11-22)13-23)9-21-7-2-1-3-8-21/h4-6,14-15,23H,1-3,7-13H2/t14-,15-/m1/s1. The molecule has 2 heterocycles. The van der Waals surface area contributed by atoms with Crippen LogP contribution < -0.4 is 0 Å². The number of nitrogens with zero attached hydrogens (tertiary/aromatic N) is 2. The molecule has 2 aliphatic heterocycles. The van der Waals surface area contributed by atoms with Gasteiger partial charge in [0.15, 0.2) is 0 Å². The van der Waals surface area contributed by atoms with E-state index < -0.39 is 0 Å². The van der Waals surface area contributed by atoms with Gasteiger partial charge in [0.05, 0.1) is 0 Å². The summed E-state index contributed by atoms with van der Waals surface area (Å²) in [7, 11) is 0. The van der Waals surface area contributed by atoms with Gasteiger partial charge in [-0.05, 0) is 49.9 Å². The van der Waals surface area contributed by atoms with Crippen LogP contribution in [0.3, 0.4) is 0 Å². The van der Waals surface area contributed by atoms with Gasteiger partial charge in [-0.1, -0.05) is 35.7 Å². The average molecular weight is 357 g/mol. The van der Waals surface area contributed by atoms with Gasteiger partial charge in [-0.3, -0.25) is 4.90 Å². The predicted octanol–water partition coefficient (Wildman–Crippen LogP) is 3.52. The maximum Gasteiger partial charge on any atom is 0.0475 e.